The number of methoxy groups -OCH3 is 1. The van der Waals surface area contributed by atoms with Crippen LogP contribution in [0.25, 0.3) is 0 Å². The van der Waals surface area contributed by atoms with Gasteiger partial charge in [-0.2, -0.15) is 0 Å². The third-order valence-corrected chi connectivity index (χ3v) is 7.25. The molecule has 7 N–H and O–H groups in total. The Morgan fingerprint density at radius 2 is 1.90 bits per heavy atom. The number of primary amides is 1. The highest BCUT2D eigenvalue weighted by molar-refractivity contribution is 8.00. The van der Waals surface area contributed by atoms with E-state index in [1.165, 1.54) is 7.11 Å². The largest absolute Gasteiger partial charge is 0.480 e. The first-order valence-corrected chi connectivity index (χ1v) is 12.6. The topological polar surface area (TPSA) is 227 Å². The van der Waals surface area contributed by atoms with Crippen LogP contribution in [0.5, 0.6) is 0 Å². The summed E-state index contributed by atoms with van der Waals surface area (Å²) in [4.78, 5) is 73.2. The number of fused-ring (bicyclic) bond motifs is 1. The number of β-lactam (4-membered cyclic amide) rings is 1. The van der Waals surface area contributed by atoms with Crippen molar-refractivity contribution in [2.75, 3.05) is 24.8 Å². The summed E-state index contributed by atoms with van der Waals surface area (Å²) in [6, 6.07) is 6.40. The molecule has 0 bridgehead atoms. The Bertz CT molecular complexity index is 1190. The van der Waals surface area contributed by atoms with Crippen LogP contribution in [0.2, 0.25) is 0 Å². The summed E-state index contributed by atoms with van der Waals surface area (Å²) in [5.74, 6) is -4.16. The standard InChI is InChI=1S/C23H27N5O10S/c1-37-23(19(34)28-16(18(32)33)12(10-38-21(24)35)11-39-20(23)28)27-15(29)9-5-8-14(17(30)31)26-22(36)25-13-6-3-2-4-7-13/h2-4,6-7,14,20H,5,8-11H2,1H3,(H2,24,35)(H,27,29)(H,30,31)(H,32,33)(H2,25,26,36). The van der Waals surface area contributed by atoms with Gasteiger partial charge in [0, 0.05) is 30.5 Å². The molecule has 0 aromatic heterocycles. The summed E-state index contributed by atoms with van der Waals surface area (Å²) in [6.45, 7) is -0.422. The highest BCUT2D eigenvalue weighted by Gasteiger charge is 2.66. The fraction of sp³-hybridized carbons (Fsp3) is 0.391. The lowest BCUT2D eigenvalue weighted by atomic mass is 9.97. The molecule has 2 heterocycles. The van der Waals surface area contributed by atoms with Crippen LogP contribution in [0.4, 0.5) is 15.3 Å². The lowest BCUT2D eigenvalue weighted by molar-refractivity contribution is -0.192. The molecule has 3 atom stereocenters. The summed E-state index contributed by atoms with van der Waals surface area (Å²) >= 11 is 1.09. The molecule has 1 fully saturated rings. The van der Waals surface area contributed by atoms with Crippen molar-refractivity contribution in [2.24, 2.45) is 5.73 Å². The lowest BCUT2D eigenvalue weighted by Crippen LogP contribution is -2.80. The highest BCUT2D eigenvalue weighted by atomic mass is 32.2. The highest BCUT2D eigenvalue weighted by Crippen LogP contribution is 2.46. The Kier molecular flexibility index (Phi) is 9.37. The Morgan fingerprint density at radius 1 is 1.21 bits per heavy atom. The molecule has 210 valence electrons. The average Bonchev–Trinajstić information content (AvgIpc) is 2.89. The van der Waals surface area contributed by atoms with Gasteiger partial charge in [-0.3, -0.25) is 14.5 Å². The van der Waals surface area contributed by atoms with Crippen LogP contribution < -0.4 is 21.7 Å². The number of hydrogen-bond donors (Lipinski definition) is 6. The number of ether oxygens (including phenoxy) is 2. The summed E-state index contributed by atoms with van der Waals surface area (Å²) < 4.78 is 10.0. The van der Waals surface area contributed by atoms with Crippen LogP contribution in [0, 0.1) is 0 Å². The van der Waals surface area contributed by atoms with Crippen molar-refractivity contribution < 1.29 is 48.5 Å². The van der Waals surface area contributed by atoms with Gasteiger partial charge in [0.15, 0.2) is 0 Å². The Labute approximate surface area is 226 Å². The lowest BCUT2D eigenvalue weighted by Gasteiger charge is -2.55. The second kappa shape index (κ2) is 12.5. The molecular formula is C23H27N5O10S. The van der Waals surface area contributed by atoms with Gasteiger partial charge in [-0.25, -0.2) is 19.2 Å². The maximum absolute atomic E-state index is 13.0. The van der Waals surface area contributed by atoms with Crippen molar-refractivity contribution >= 4 is 53.3 Å². The smallest absolute Gasteiger partial charge is 0.404 e. The zero-order valence-corrected chi connectivity index (χ0v) is 21.5. The number of rotatable bonds is 12. The minimum atomic E-state index is -1.85. The molecule has 0 radical (unpaired) electrons. The maximum atomic E-state index is 13.0. The number of thioether (sulfide) groups is 1. The van der Waals surface area contributed by atoms with Gasteiger partial charge >= 0.3 is 24.1 Å². The Hall–Kier alpha value is -4.31. The number of nitrogens with zero attached hydrogens (tertiary/aromatic N) is 1. The second-order valence-corrected chi connectivity index (χ2v) is 9.51. The number of carbonyl (C=O) groups excluding carboxylic acids is 4. The molecule has 5 amide bonds. The fourth-order valence-corrected chi connectivity index (χ4v) is 5.47. The molecule has 1 saturated heterocycles. The van der Waals surface area contributed by atoms with E-state index in [1.807, 2.05) is 0 Å². The molecule has 1 aromatic carbocycles. The van der Waals surface area contributed by atoms with E-state index in [0.717, 1.165) is 16.7 Å². The predicted octanol–water partition coefficient (Wildman–Crippen LogP) is 0.240. The molecule has 0 spiro atoms. The van der Waals surface area contributed by atoms with Crippen LogP contribution in [0.1, 0.15) is 19.3 Å². The van der Waals surface area contributed by atoms with E-state index in [1.54, 1.807) is 30.3 Å². The summed E-state index contributed by atoms with van der Waals surface area (Å²) in [5.41, 5.74) is 3.32. The monoisotopic (exact) mass is 565 g/mol. The Morgan fingerprint density at radius 3 is 2.49 bits per heavy atom. The van der Waals surface area contributed by atoms with Crippen LogP contribution >= 0.6 is 11.8 Å². The fourth-order valence-electron chi connectivity index (χ4n) is 4.05. The number of anilines is 1. The van der Waals surface area contributed by atoms with E-state index in [4.69, 9.17) is 10.5 Å². The predicted molar refractivity (Wildman–Crippen MR) is 135 cm³/mol. The minimum Gasteiger partial charge on any atom is -0.480 e. The molecule has 0 saturated carbocycles. The quantitative estimate of drug-likeness (QED) is 0.149. The zero-order valence-electron chi connectivity index (χ0n) is 20.7. The first-order chi connectivity index (χ1) is 18.5. The first kappa shape index (κ1) is 29.2. The number of hydrogen-bond acceptors (Lipinski definition) is 9. The summed E-state index contributed by atoms with van der Waals surface area (Å²) in [6.07, 6.45) is -1.36. The van der Waals surface area contributed by atoms with E-state index in [9.17, 15) is 39.0 Å². The van der Waals surface area contributed by atoms with E-state index < -0.39 is 65.3 Å². The molecule has 3 rings (SSSR count). The molecule has 2 aliphatic heterocycles. The van der Waals surface area contributed by atoms with Crippen LogP contribution in [0.3, 0.4) is 0 Å². The van der Waals surface area contributed by atoms with E-state index in [2.05, 4.69) is 20.7 Å². The van der Waals surface area contributed by atoms with Gasteiger partial charge in [0.2, 0.25) is 5.91 Å². The molecule has 16 heteroatoms. The van der Waals surface area contributed by atoms with Crippen molar-refractivity contribution in [3.63, 3.8) is 0 Å². The van der Waals surface area contributed by atoms with Crippen molar-refractivity contribution in [2.45, 2.75) is 36.4 Å². The molecule has 2 aliphatic rings. The molecule has 1 aromatic rings. The number of aliphatic carboxylic acids is 2. The van der Waals surface area contributed by atoms with Gasteiger partial charge in [-0.05, 0) is 25.0 Å². The number of benzene rings is 1. The minimum absolute atomic E-state index is 0.0405. The number of carboxylic acids is 2. The summed E-state index contributed by atoms with van der Waals surface area (Å²) in [7, 11) is 1.18. The van der Waals surface area contributed by atoms with Gasteiger partial charge in [0.25, 0.3) is 11.6 Å². The van der Waals surface area contributed by atoms with Gasteiger partial charge in [0.05, 0.1) is 0 Å². The number of urea groups is 1. The van der Waals surface area contributed by atoms with Gasteiger partial charge in [-0.1, -0.05) is 18.2 Å². The van der Waals surface area contributed by atoms with Crippen molar-refractivity contribution in [3.05, 3.63) is 41.6 Å². The number of para-hydroxylation sites is 1. The normalized spacial score (nSPS) is 20.7. The third kappa shape index (κ3) is 6.58. The number of nitrogens with two attached hydrogens (primary N) is 1. The first-order valence-electron chi connectivity index (χ1n) is 11.5. The second-order valence-electron chi connectivity index (χ2n) is 8.44. The van der Waals surface area contributed by atoms with E-state index in [-0.39, 0.29) is 30.6 Å². The SMILES string of the molecule is COC1(NC(=O)CCCC(NC(=O)Nc2ccccc2)C(=O)O)C(=O)N2C(C(=O)O)=C(COC(N)=O)CSC21. The number of nitrogens with one attached hydrogen (secondary N) is 3. The number of carbonyl (C=O) groups is 6. The number of carboxylic acid groups (broad SMARTS) is 2. The van der Waals surface area contributed by atoms with Crippen LogP contribution in [-0.4, -0.2) is 87.6 Å². The molecule has 3 unspecified atom stereocenters. The van der Waals surface area contributed by atoms with Gasteiger partial charge < -0.3 is 41.4 Å². The van der Waals surface area contributed by atoms with E-state index in [0.29, 0.717) is 5.69 Å². The third-order valence-electron chi connectivity index (χ3n) is 5.88. The maximum Gasteiger partial charge on any atom is 0.404 e. The summed E-state index contributed by atoms with van der Waals surface area (Å²) in [5, 5.41) is 25.5. The van der Waals surface area contributed by atoms with Crippen molar-refractivity contribution in [1.82, 2.24) is 15.5 Å². The average molecular weight is 566 g/mol. The van der Waals surface area contributed by atoms with Crippen LogP contribution in [-0.2, 0) is 28.7 Å². The van der Waals surface area contributed by atoms with Gasteiger partial charge in [0.1, 0.15) is 23.7 Å². The van der Waals surface area contributed by atoms with Crippen LogP contribution in [0.15, 0.2) is 41.6 Å². The molecule has 0 aliphatic carbocycles. The van der Waals surface area contributed by atoms with Crippen molar-refractivity contribution in [1.29, 1.82) is 0 Å². The zero-order chi connectivity index (χ0) is 28.7. The van der Waals surface area contributed by atoms with Gasteiger partial charge in [-0.15, -0.1) is 11.8 Å². The Balaban J connectivity index is 1.58. The molecule has 39 heavy (non-hydrogen) atoms. The molecular weight excluding hydrogens is 538 g/mol. The van der Waals surface area contributed by atoms with E-state index >= 15 is 0 Å². The molecule has 15 nitrogen and oxygen atoms in total. The number of amides is 5. The van der Waals surface area contributed by atoms with Crippen molar-refractivity contribution in [3.8, 4) is 0 Å².